The van der Waals surface area contributed by atoms with Gasteiger partial charge in [0.1, 0.15) is 18.1 Å². The van der Waals surface area contributed by atoms with Crippen molar-refractivity contribution in [1.82, 2.24) is 15.5 Å². The second-order valence-electron chi connectivity index (χ2n) is 7.46. The van der Waals surface area contributed by atoms with Gasteiger partial charge >= 0.3 is 0 Å². The van der Waals surface area contributed by atoms with Gasteiger partial charge in [0, 0.05) is 19.6 Å². The first-order valence-corrected chi connectivity index (χ1v) is 10.3. The summed E-state index contributed by atoms with van der Waals surface area (Å²) in [7, 11) is 0. The minimum absolute atomic E-state index is 0. The molecule has 0 aromatic heterocycles. The number of nitrogens with zero attached hydrogens (tertiary/aromatic N) is 1. The summed E-state index contributed by atoms with van der Waals surface area (Å²) >= 11 is 0. The zero-order valence-corrected chi connectivity index (χ0v) is 17.6. The summed E-state index contributed by atoms with van der Waals surface area (Å²) in [5.41, 5.74) is 0. The lowest BCUT2D eigenvalue weighted by molar-refractivity contribution is -0.123. The van der Waals surface area contributed by atoms with Crippen LogP contribution < -0.4 is 20.1 Å². The number of amides is 1. The Kier molecular flexibility index (Phi) is 9.88. The monoisotopic (exact) mass is 411 g/mol. The lowest BCUT2D eigenvalue weighted by Crippen LogP contribution is -2.46. The molecule has 6 nitrogen and oxygen atoms in total. The second-order valence-corrected chi connectivity index (χ2v) is 7.46. The van der Waals surface area contributed by atoms with E-state index < -0.39 is 0 Å². The average molecular weight is 412 g/mol. The summed E-state index contributed by atoms with van der Waals surface area (Å²) < 4.78 is 11.3. The normalized spacial score (nSPS) is 22.3. The fourth-order valence-corrected chi connectivity index (χ4v) is 3.89. The lowest BCUT2D eigenvalue weighted by atomic mass is 9.98. The molecule has 2 saturated heterocycles. The molecule has 1 aromatic rings. The van der Waals surface area contributed by atoms with Crippen molar-refractivity contribution in [1.29, 1.82) is 0 Å². The molecular weight excluding hydrogens is 378 g/mol. The predicted molar refractivity (Wildman–Crippen MR) is 114 cm³/mol. The molecule has 2 fully saturated rings. The van der Waals surface area contributed by atoms with Crippen LogP contribution in [0.3, 0.4) is 0 Å². The van der Waals surface area contributed by atoms with E-state index in [1.54, 1.807) is 0 Å². The Morgan fingerprint density at radius 3 is 2.61 bits per heavy atom. The van der Waals surface area contributed by atoms with E-state index in [-0.39, 0.29) is 24.4 Å². The SMILES string of the molecule is CCOc1ccc(OCCN2CCCC(CNC(=O)C3CCCN3)C2)cc1.Cl. The van der Waals surface area contributed by atoms with Gasteiger partial charge in [-0.3, -0.25) is 9.69 Å². The van der Waals surface area contributed by atoms with Crippen molar-refractivity contribution in [3.8, 4) is 11.5 Å². The molecule has 2 heterocycles. The molecule has 0 spiro atoms. The number of likely N-dealkylation sites (tertiary alicyclic amines) is 1. The first-order valence-electron chi connectivity index (χ1n) is 10.3. The molecule has 2 N–H and O–H groups in total. The smallest absolute Gasteiger partial charge is 0.237 e. The third-order valence-electron chi connectivity index (χ3n) is 5.36. The highest BCUT2D eigenvalue weighted by Crippen LogP contribution is 2.19. The van der Waals surface area contributed by atoms with E-state index in [0.717, 1.165) is 57.1 Å². The van der Waals surface area contributed by atoms with Crippen molar-refractivity contribution in [2.24, 2.45) is 5.92 Å². The highest BCUT2D eigenvalue weighted by atomic mass is 35.5. The van der Waals surface area contributed by atoms with E-state index in [9.17, 15) is 4.79 Å². The minimum Gasteiger partial charge on any atom is -0.494 e. The van der Waals surface area contributed by atoms with Crippen LogP contribution in [-0.2, 0) is 4.79 Å². The Balaban J connectivity index is 0.00000280. The number of carbonyl (C=O) groups excluding carboxylic acids is 1. The van der Waals surface area contributed by atoms with E-state index in [1.165, 1.54) is 12.8 Å². The molecule has 158 valence electrons. The van der Waals surface area contributed by atoms with Gasteiger partial charge in [-0.1, -0.05) is 0 Å². The first-order chi connectivity index (χ1) is 13.2. The van der Waals surface area contributed by atoms with E-state index in [0.29, 0.717) is 19.1 Å². The molecule has 3 rings (SSSR count). The number of carbonyl (C=O) groups is 1. The maximum Gasteiger partial charge on any atom is 0.237 e. The van der Waals surface area contributed by atoms with E-state index in [2.05, 4.69) is 15.5 Å². The van der Waals surface area contributed by atoms with Crippen LogP contribution in [0.5, 0.6) is 11.5 Å². The summed E-state index contributed by atoms with van der Waals surface area (Å²) in [6, 6.07) is 7.81. The average Bonchev–Trinajstić information content (AvgIpc) is 3.23. The maximum atomic E-state index is 12.1. The molecule has 7 heteroatoms. The van der Waals surface area contributed by atoms with Gasteiger partial charge in [0.2, 0.25) is 5.91 Å². The van der Waals surface area contributed by atoms with Crippen molar-refractivity contribution in [2.45, 2.75) is 38.6 Å². The first kappa shape index (κ1) is 22.8. The van der Waals surface area contributed by atoms with Crippen molar-refractivity contribution >= 4 is 18.3 Å². The predicted octanol–water partition coefficient (Wildman–Crippen LogP) is 2.47. The topological polar surface area (TPSA) is 62.8 Å². The Morgan fingerprint density at radius 2 is 1.93 bits per heavy atom. The number of benzene rings is 1. The largest absolute Gasteiger partial charge is 0.494 e. The molecule has 2 unspecified atom stereocenters. The van der Waals surface area contributed by atoms with E-state index in [1.807, 2.05) is 31.2 Å². The van der Waals surface area contributed by atoms with Crippen LogP contribution in [0.4, 0.5) is 0 Å². The third kappa shape index (κ3) is 7.15. The van der Waals surface area contributed by atoms with Crippen LogP contribution in [-0.4, -0.2) is 62.8 Å². The van der Waals surface area contributed by atoms with Crippen molar-refractivity contribution in [3.05, 3.63) is 24.3 Å². The molecule has 28 heavy (non-hydrogen) atoms. The van der Waals surface area contributed by atoms with Gasteiger partial charge in [0.25, 0.3) is 0 Å². The van der Waals surface area contributed by atoms with E-state index in [4.69, 9.17) is 9.47 Å². The lowest BCUT2D eigenvalue weighted by Gasteiger charge is -2.32. The molecule has 2 aliphatic heterocycles. The summed E-state index contributed by atoms with van der Waals surface area (Å²) in [5, 5.41) is 6.40. The van der Waals surface area contributed by atoms with Crippen LogP contribution in [0, 0.1) is 5.92 Å². The van der Waals surface area contributed by atoms with Crippen molar-refractivity contribution in [3.63, 3.8) is 0 Å². The number of piperidine rings is 1. The van der Waals surface area contributed by atoms with Crippen LogP contribution >= 0.6 is 12.4 Å². The number of hydrogen-bond donors (Lipinski definition) is 2. The minimum atomic E-state index is 0. The molecule has 2 atom stereocenters. The fourth-order valence-electron chi connectivity index (χ4n) is 3.89. The number of nitrogens with one attached hydrogen (secondary N) is 2. The molecule has 1 amide bonds. The van der Waals surface area contributed by atoms with Gasteiger partial charge in [-0.15, -0.1) is 12.4 Å². The van der Waals surface area contributed by atoms with Gasteiger partial charge in [-0.2, -0.15) is 0 Å². The third-order valence-corrected chi connectivity index (χ3v) is 5.36. The fraction of sp³-hybridized carbons (Fsp3) is 0.667. The van der Waals surface area contributed by atoms with E-state index >= 15 is 0 Å². The Morgan fingerprint density at radius 1 is 1.18 bits per heavy atom. The van der Waals surface area contributed by atoms with Gasteiger partial charge in [0.15, 0.2) is 0 Å². The van der Waals surface area contributed by atoms with Crippen LogP contribution in [0.2, 0.25) is 0 Å². The second kappa shape index (κ2) is 12.1. The number of hydrogen-bond acceptors (Lipinski definition) is 5. The Bertz CT molecular complexity index is 579. The highest BCUT2D eigenvalue weighted by molar-refractivity contribution is 5.85. The Labute approximate surface area is 174 Å². The molecule has 0 aliphatic carbocycles. The quantitative estimate of drug-likeness (QED) is 0.653. The maximum absolute atomic E-state index is 12.1. The Hall–Kier alpha value is -1.50. The molecule has 0 bridgehead atoms. The molecule has 2 aliphatic rings. The van der Waals surface area contributed by atoms with Crippen molar-refractivity contribution < 1.29 is 14.3 Å². The molecule has 0 radical (unpaired) electrons. The van der Waals surface area contributed by atoms with Gasteiger partial charge < -0.3 is 20.1 Å². The molecule has 0 saturated carbocycles. The zero-order chi connectivity index (χ0) is 18.9. The van der Waals surface area contributed by atoms with Crippen molar-refractivity contribution in [2.75, 3.05) is 45.9 Å². The number of rotatable bonds is 9. The van der Waals surface area contributed by atoms with Crippen LogP contribution in [0.1, 0.15) is 32.6 Å². The van der Waals surface area contributed by atoms with Crippen LogP contribution in [0.15, 0.2) is 24.3 Å². The van der Waals surface area contributed by atoms with Gasteiger partial charge in [0.05, 0.1) is 12.6 Å². The van der Waals surface area contributed by atoms with Crippen LogP contribution in [0.25, 0.3) is 0 Å². The summed E-state index contributed by atoms with van der Waals surface area (Å²) in [5.74, 6) is 2.46. The summed E-state index contributed by atoms with van der Waals surface area (Å²) in [6.45, 7) is 8.14. The zero-order valence-electron chi connectivity index (χ0n) is 16.8. The molecular formula is C21H34ClN3O3. The number of halogens is 1. The van der Waals surface area contributed by atoms with Gasteiger partial charge in [-0.05, 0) is 75.9 Å². The number of ether oxygens (including phenoxy) is 2. The summed E-state index contributed by atoms with van der Waals surface area (Å²) in [6.07, 6.45) is 4.44. The van der Waals surface area contributed by atoms with Gasteiger partial charge in [-0.25, -0.2) is 0 Å². The molecule has 1 aromatic carbocycles. The highest BCUT2D eigenvalue weighted by Gasteiger charge is 2.24. The summed E-state index contributed by atoms with van der Waals surface area (Å²) in [4.78, 5) is 14.6. The standard InChI is InChI=1S/C21H33N3O3.ClH/c1-2-26-18-7-9-19(10-8-18)27-14-13-24-12-4-5-17(16-24)15-23-21(25)20-6-3-11-22-20;/h7-10,17,20,22H,2-6,11-16H2,1H3,(H,23,25);1H.